The van der Waals surface area contributed by atoms with Crippen molar-refractivity contribution < 1.29 is 9.47 Å². The van der Waals surface area contributed by atoms with E-state index in [-0.39, 0.29) is 18.3 Å². The summed E-state index contributed by atoms with van der Waals surface area (Å²) < 4.78 is 11.7. The molecule has 2 atom stereocenters. The van der Waals surface area contributed by atoms with Crippen LogP contribution >= 0.6 is 23.8 Å². The van der Waals surface area contributed by atoms with Crippen LogP contribution < -0.4 is 10.5 Å². The summed E-state index contributed by atoms with van der Waals surface area (Å²) in [4.78, 5) is 0.319. The van der Waals surface area contributed by atoms with Gasteiger partial charge in [0, 0.05) is 17.9 Å². The van der Waals surface area contributed by atoms with Crippen LogP contribution in [-0.4, -0.2) is 23.3 Å². The van der Waals surface area contributed by atoms with Crippen molar-refractivity contribution in [3.05, 3.63) is 28.8 Å². The zero-order valence-corrected chi connectivity index (χ0v) is 12.6. The molecule has 0 aliphatic carbocycles. The van der Waals surface area contributed by atoms with E-state index >= 15 is 0 Å². The van der Waals surface area contributed by atoms with Crippen molar-refractivity contribution in [3.63, 3.8) is 0 Å². The maximum atomic E-state index is 6.04. The van der Waals surface area contributed by atoms with E-state index in [0.29, 0.717) is 15.8 Å². The second kappa shape index (κ2) is 6.07. The molecule has 5 heteroatoms. The molecule has 1 heterocycles. The first-order valence-corrected chi connectivity index (χ1v) is 7.15. The van der Waals surface area contributed by atoms with Crippen molar-refractivity contribution in [1.29, 1.82) is 0 Å². The second-order valence-electron chi connectivity index (χ2n) is 4.97. The molecule has 2 N–H and O–H groups in total. The van der Waals surface area contributed by atoms with Gasteiger partial charge in [0.25, 0.3) is 0 Å². The van der Waals surface area contributed by atoms with E-state index < -0.39 is 0 Å². The predicted molar refractivity (Wildman–Crippen MR) is 81.0 cm³/mol. The van der Waals surface area contributed by atoms with Crippen LogP contribution in [0.3, 0.4) is 0 Å². The van der Waals surface area contributed by atoms with E-state index in [1.807, 2.05) is 0 Å². The molecule has 1 saturated heterocycles. The van der Waals surface area contributed by atoms with Crippen molar-refractivity contribution in [1.82, 2.24) is 0 Å². The van der Waals surface area contributed by atoms with E-state index in [9.17, 15) is 0 Å². The van der Waals surface area contributed by atoms with Crippen LogP contribution in [0.25, 0.3) is 0 Å². The highest BCUT2D eigenvalue weighted by Crippen LogP contribution is 2.28. The Balaban J connectivity index is 2.18. The molecule has 2 rings (SSSR count). The molecule has 104 valence electrons. The molecule has 3 nitrogen and oxygen atoms in total. The average Bonchev–Trinajstić information content (AvgIpc) is 2.26. The quantitative estimate of drug-likeness (QED) is 0.870. The Hall–Kier alpha value is -0.840. The fourth-order valence-electron chi connectivity index (χ4n) is 2.42. The third kappa shape index (κ3) is 3.81. The number of halogens is 1. The Morgan fingerprint density at radius 3 is 2.58 bits per heavy atom. The first-order chi connectivity index (χ1) is 8.95. The molecule has 1 fully saturated rings. The number of ether oxygens (including phenoxy) is 2. The van der Waals surface area contributed by atoms with E-state index in [1.165, 1.54) is 0 Å². The summed E-state index contributed by atoms with van der Waals surface area (Å²) in [7, 11) is 0. The van der Waals surface area contributed by atoms with Crippen LogP contribution in [0.1, 0.15) is 32.3 Å². The molecule has 19 heavy (non-hydrogen) atoms. The van der Waals surface area contributed by atoms with Crippen molar-refractivity contribution in [3.8, 4) is 5.75 Å². The van der Waals surface area contributed by atoms with Gasteiger partial charge in [-0.3, -0.25) is 0 Å². The Labute approximate surface area is 124 Å². The molecule has 1 aromatic rings. The molecule has 1 aliphatic rings. The van der Waals surface area contributed by atoms with Gasteiger partial charge in [-0.2, -0.15) is 0 Å². The molecule has 2 unspecified atom stereocenters. The number of benzene rings is 1. The smallest absolute Gasteiger partial charge is 0.131 e. The fraction of sp³-hybridized carbons (Fsp3) is 0.500. The lowest BCUT2D eigenvalue weighted by atomic mass is 10.0. The molecular weight excluding hydrogens is 282 g/mol. The number of hydrogen-bond donors (Lipinski definition) is 1. The molecule has 0 saturated carbocycles. The number of rotatable bonds is 3. The van der Waals surface area contributed by atoms with Gasteiger partial charge in [-0.25, -0.2) is 0 Å². The van der Waals surface area contributed by atoms with Crippen molar-refractivity contribution >= 4 is 28.8 Å². The lowest BCUT2D eigenvalue weighted by Gasteiger charge is -2.32. The van der Waals surface area contributed by atoms with Gasteiger partial charge in [0.05, 0.1) is 17.8 Å². The Morgan fingerprint density at radius 1 is 1.37 bits per heavy atom. The fourth-order valence-corrected chi connectivity index (χ4v) is 2.75. The Kier molecular flexibility index (Phi) is 4.66. The third-order valence-electron chi connectivity index (χ3n) is 3.16. The molecule has 1 aliphatic heterocycles. The lowest BCUT2D eigenvalue weighted by Crippen LogP contribution is -2.36. The van der Waals surface area contributed by atoms with Crippen LogP contribution in [0.2, 0.25) is 5.02 Å². The van der Waals surface area contributed by atoms with Gasteiger partial charge >= 0.3 is 0 Å². The summed E-state index contributed by atoms with van der Waals surface area (Å²) in [6, 6.07) is 5.32. The highest BCUT2D eigenvalue weighted by Gasteiger charge is 2.26. The first-order valence-electron chi connectivity index (χ1n) is 6.37. The zero-order valence-electron chi connectivity index (χ0n) is 11.1. The van der Waals surface area contributed by atoms with E-state index in [0.717, 1.165) is 18.4 Å². The van der Waals surface area contributed by atoms with Crippen LogP contribution in [0.4, 0.5) is 0 Å². The minimum absolute atomic E-state index is 0.102. The standard InChI is InChI=1S/C14H18ClNO2S/c1-8-5-11(6-9(2)17-8)18-13-7-10(15)3-4-12(13)14(16)19/h3-4,7-9,11H,5-6H2,1-2H3,(H2,16,19). The zero-order chi connectivity index (χ0) is 14.0. The Morgan fingerprint density at radius 2 is 2.00 bits per heavy atom. The Bertz CT molecular complexity index is 471. The number of hydrogen-bond acceptors (Lipinski definition) is 3. The minimum atomic E-state index is 0.102. The van der Waals surface area contributed by atoms with Gasteiger partial charge in [-0.05, 0) is 32.0 Å². The lowest BCUT2D eigenvalue weighted by molar-refractivity contribution is -0.0721. The monoisotopic (exact) mass is 299 g/mol. The van der Waals surface area contributed by atoms with Gasteiger partial charge in [-0.15, -0.1) is 0 Å². The molecule has 0 radical (unpaired) electrons. The van der Waals surface area contributed by atoms with Crippen LogP contribution in [0.15, 0.2) is 18.2 Å². The first kappa shape index (κ1) is 14.6. The maximum Gasteiger partial charge on any atom is 0.131 e. The molecule has 0 bridgehead atoms. The van der Waals surface area contributed by atoms with Crippen molar-refractivity contribution in [2.24, 2.45) is 5.73 Å². The van der Waals surface area contributed by atoms with Gasteiger partial charge < -0.3 is 15.2 Å². The summed E-state index contributed by atoms with van der Waals surface area (Å²) >= 11 is 11.0. The second-order valence-corrected chi connectivity index (χ2v) is 5.85. The summed E-state index contributed by atoms with van der Waals surface area (Å²) in [6.45, 7) is 4.11. The number of nitrogens with two attached hydrogens (primary N) is 1. The molecule has 1 aromatic carbocycles. The van der Waals surface area contributed by atoms with E-state index in [1.54, 1.807) is 18.2 Å². The summed E-state index contributed by atoms with van der Waals surface area (Å²) in [5.74, 6) is 0.659. The van der Waals surface area contributed by atoms with E-state index in [2.05, 4.69) is 13.8 Å². The van der Waals surface area contributed by atoms with Crippen molar-refractivity contribution in [2.45, 2.75) is 45.0 Å². The van der Waals surface area contributed by atoms with Gasteiger partial charge in [-0.1, -0.05) is 23.8 Å². The third-order valence-corrected chi connectivity index (χ3v) is 3.61. The van der Waals surface area contributed by atoms with Crippen LogP contribution in [0.5, 0.6) is 5.75 Å². The average molecular weight is 300 g/mol. The summed E-state index contributed by atoms with van der Waals surface area (Å²) in [6.07, 6.45) is 2.20. The van der Waals surface area contributed by atoms with Crippen molar-refractivity contribution in [2.75, 3.05) is 0 Å². The van der Waals surface area contributed by atoms with Crippen LogP contribution in [-0.2, 0) is 4.74 Å². The minimum Gasteiger partial charge on any atom is -0.489 e. The normalized spacial score (nSPS) is 27.0. The van der Waals surface area contributed by atoms with Crippen LogP contribution in [0, 0.1) is 0 Å². The SMILES string of the molecule is CC1CC(Oc2cc(Cl)ccc2C(N)=S)CC(C)O1. The predicted octanol–water partition coefficient (Wildman–Crippen LogP) is 3.31. The summed E-state index contributed by atoms with van der Waals surface area (Å²) in [5, 5.41) is 0.614. The topological polar surface area (TPSA) is 44.5 Å². The highest BCUT2D eigenvalue weighted by atomic mass is 35.5. The molecule has 0 amide bonds. The van der Waals surface area contributed by atoms with Gasteiger partial charge in [0.15, 0.2) is 0 Å². The van der Waals surface area contributed by atoms with E-state index in [4.69, 9.17) is 39.0 Å². The largest absolute Gasteiger partial charge is 0.489 e. The van der Waals surface area contributed by atoms with Gasteiger partial charge in [0.1, 0.15) is 16.8 Å². The molecule has 0 aromatic heterocycles. The number of thiocarbonyl (C=S) groups is 1. The maximum absolute atomic E-state index is 6.04. The molecule has 0 spiro atoms. The highest BCUT2D eigenvalue weighted by molar-refractivity contribution is 7.80. The van der Waals surface area contributed by atoms with Gasteiger partial charge in [0.2, 0.25) is 0 Å². The summed E-state index contributed by atoms with van der Waals surface area (Å²) in [5.41, 5.74) is 6.44. The molecular formula is C14H18ClNO2S.